The summed E-state index contributed by atoms with van der Waals surface area (Å²) in [5.41, 5.74) is 2.02. The second-order valence-corrected chi connectivity index (χ2v) is 6.11. The van der Waals surface area contributed by atoms with Gasteiger partial charge in [0.2, 0.25) is 0 Å². The Morgan fingerprint density at radius 2 is 2.35 bits per heavy atom. The van der Waals surface area contributed by atoms with Crippen molar-refractivity contribution < 1.29 is 4.79 Å². The summed E-state index contributed by atoms with van der Waals surface area (Å²) in [7, 11) is 0. The van der Waals surface area contributed by atoms with Crippen molar-refractivity contribution in [1.29, 1.82) is 0 Å². The number of carbonyl (C=O) groups excluding carboxylic acids is 1. The lowest BCUT2D eigenvalue weighted by Gasteiger charge is -2.23. The van der Waals surface area contributed by atoms with Gasteiger partial charge in [0.15, 0.2) is 0 Å². The summed E-state index contributed by atoms with van der Waals surface area (Å²) in [4.78, 5) is 14.5. The largest absolute Gasteiger partial charge is 0.335 e. The van der Waals surface area contributed by atoms with Gasteiger partial charge in [0.05, 0.1) is 5.56 Å². The molecular formula is C13H15BrINO. The Labute approximate surface area is 124 Å². The zero-order valence-corrected chi connectivity index (χ0v) is 13.5. The topological polar surface area (TPSA) is 20.3 Å². The van der Waals surface area contributed by atoms with Gasteiger partial charge in [-0.05, 0) is 54.0 Å². The maximum Gasteiger partial charge on any atom is 0.255 e. The highest BCUT2D eigenvalue weighted by Crippen LogP contribution is 2.24. The van der Waals surface area contributed by atoms with Gasteiger partial charge in [0.1, 0.15) is 0 Å². The molecule has 1 aliphatic rings. The molecule has 1 saturated heterocycles. The lowest BCUT2D eigenvalue weighted by atomic mass is 10.1. The highest BCUT2D eigenvalue weighted by atomic mass is 127. The van der Waals surface area contributed by atoms with Crippen molar-refractivity contribution >= 4 is 44.4 Å². The monoisotopic (exact) mass is 407 g/mol. The first-order valence-electron chi connectivity index (χ1n) is 5.77. The predicted octanol–water partition coefficient (Wildman–Crippen LogP) is 3.60. The second-order valence-electron chi connectivity index (χ2n) is 4.39. The number of benzene rings is 1. The first-order chi connectivity index (χ1) is 8.15. The molecule has 2 nitrogen and oxygen atoms in total. The van der Waals surface area contributed by atoms with Crippen LogP contribution in [0, 0.1) is 10.5 Å². The van der Waals surface area contributed by atoms with Crippen LogP contribution in [0.15, 0.2) is 18.2 Å². The second kappa shape index (κ2) is 5.69. The molecular weight excluding hydrogens is 393 g/mol. The zero-order chi connectivity index (χ0) is 12.4. The fraction of sp³-hybridized carbons (Fsp3) is 0.462. The molecule has 1 aliphatic heterocycles. The normalized spacial score (nSPS) is 19.7. The van der Waals surface area contributed by atoms with Gasteiger partial charge in [0, 0.05) is 21.5 Å². The molecule has 1 fully saturated rings. The summed E-state index contributed by atoms with van der Waals surface area (Å²) in [5, 5.41) is 0.876. The number of carbonyl (C=O) groups is 1. The van der Waals surface area contributed by atoms with Crippen molar-refractivity contribution in [2.24, 2.45) is 0 Å². The molecule has 1 amide bonds. The molecule has 0 spiro atoms. The van der Waals surface area contributed by atoms with Crippen LogP contribution in [-0.4, -0.2) is 28.7 Å². The molecule has 0 bridgehead atoms. The molecule has 0 radical (unpaired) electrons. The van der Waals surface area contributed by atoms with E-state index in [1.807, 2.05) is 30.0 Å². The van der Waals surface area contributed by atoms with Crippen LogP contribution in [0.3, 0.4) is 0 Å². The van der Waals surface area contributed by atoms with Gasteiger partial charge in [-0.15, -0.1) is 0 Å². The van der Waals surface area contributed by atoms with E-state index in [0.29, 0.717) is 6.04 Å². The summed E-state index contributed by atoms with van der Waals surface area (Å²) >= 11 is 5.76. The number of hydrogen-bond donors (Lipinski definition) is 0. The first-order valence-corrected chi connectivity index (χ1v) is 7.97. The Morgan fingerprint density at radius 3 is 3.06 bits per heavy atom. The van der Waals surface area contributed by atoms with Crippen molar-refractivity contribution in [3.05, 3.63) is 32.9 Å². The maximum atomic E-state index is 12.5. The molecule has 1 unspecified atom stereocenters. The summed E-state index contributed by atoms with van der Waals surface area (Å²) in [6.45, 7) is 2.93. The minimum Gasteiger partial charge on any atom is -0.335 e. The smallest absolute Gasteiger partial charge is 0.255 e. The standard InChI is InChI=1S/C13H15BrINO/c1-9-4-2-6-11(12(9)15)13(17)16-7-3-5-10(16)8-14/h2,4,6,10H,3,5,7-8H2,1H3. The van der Waals surface area contributed by atoms with Crippen LogP contribution in [0.4, 0.5) is 0 Å². The van der Waals surface area contributed by atoms with Gasteiger partial charge in [-0.2, -0.15) is 0 Å². The third-order valence-corrected chi connectivity index (χ3v) is 5.42. The Morgan fingerprint density at radius 1 is 1.59 bits per heavy atom. The molecule has 0 N–H and O–H groups in total. The highest BCUT2D eigenvalue weighted by Gasteiger charge is 2.29. The van der Waals surface area contributed by atoms with E-state index in [9.17, 15) is 4.79 Å². The van der Waals surface area contributed by atoms with Crippen LogP contribution in [0.25, 0.3) is 0 Å². The Hall–Kier alpha value is -0.100. The number of amides is 1. The quantitative estimate of drug-likeness (QED) is 0.541. The van der Waals surface area contributed by atoms with Crippen molar-refractivity contribution in [1.82, 2.24) is 4.90 Å². The van der Waals surface area contributed by atoms with Crippen molar-refractivity contribution in [3.63, 3.8) is 0 Å². The molecule has 92 valence electrons. The molecule has 17 heavy (non-hydrogen) atoms. The predicted molar refractivity (Wildman–Crippen MR) is 81.7 cm³/mol. The van der Waals surface area contributed by atoms with Crippen molar-refractivity contribution in [3.8, 4) is 0 Å². The van der Waals surface area contributed by atoms with E-state index in [-0.39, 0.29) is 5.91 Å². The zero-order valence-electron chi connectivity index (χ0n) is 9.75. The highest BCUT2D eigenvalue weighted by molar-refractivity contribution is 14.1. The van der Waals surface area contributed by atoms with Crippen molar-refractivity contribution in [2.75, 3.05) is 11.9 Å². The molecule has 1 aromatic rings. The average molecular weight is 408 g/mol. The van der Waals surface area contributed by atoms with Gasteiger partial charge in [0.25, 0.3) is 5.91 Å². The van der Waals surface area contributed by atoms with E-state index in [4.69, 9.17) is 0 Å². The Kier molecular flexibility index (Phi) is 4.47. The third kappa shape index (κ3) is 2.67. The summed E-state index contributed by atoms with van der Waals surface area (Å²) in [6, 6.07) is 6.30. The van der Waals surface area contributed by atoms with Gasteiger partial charge in [-0.3, -0.25) is 4.79 Å². The SMILES string of the molecule is Cc1cccc(C(=O)N2CCCC2CBr)c1I. The lowest BCUT2D eigenvalue weighted by molar-refractivity contribution is 0.0749. The Balaban J connectivity index is 2.28. The number of likely N-dealkylation sites (tertiary alicyclic amines) is 1. The van der Waals surface area contributed by atoms with Crippen LogP contribution >= 0.6 is 38.5 Å². The van der Waals surface area contributed by atoms with Crippen LogP contribution in [-0.2, 0) is 0 Å². The van der Waals surface area contributed by atoms with Crippen LogP contribution < -0.4 is 0 Å². The maximum absolute atomic E-state index is 12.5. The molecule has 1 heterocycles. The molecule has 1 aromatic carbocycles. The van der Waals surface area contributed by atoms with E-state index in [2.05, 4.69) is 38.5 Å². The van der Waals surface area contributed by atoms with E-state index in [0.717, 1.165) is 33.9 Å². The molecule has 4 heteroatoms. The number of hydrogen-bond acceptors (Lipinski definition) is 1. The van der Waals surface area contributed by atoms with E-state index in [1.165, 1.54) is 5.56 Å². The summed E-state index contributed by atoms with van der Waals surface area (Å²) in [5.74, 6) is 0.181. The summed E-state index contributed by atoms with van der Waals surface area (Å²) < 4.78 is 1.08. The fourth-order valence-electron chi connectivity index (χ4n) is 2.23. The van der Waals surface area contributed by atoms with Crippen LogP contribution in [0.5, 0.6) is 0 Å². The molecule has 0 aromatic heterocycles. The minimum absolute atomic E-state index is 0.181. The van der Waals surface area contributed by atoms with Gasteiger partial charge in [-0.25, -0.2) is 0 Å². The molecule has 0 aliphatic carbocycles. The van der Waals surface area contributed by atoms with Crippen LogP contribution in [0.2, 0.25) is 0 Å². The van der Waals surface area contributed by atoms with Gasteiger partial charge >= 0.3 is 0 Å². The van der Waals surface area contributed by atoms with Crippen molar-refractivity contribution in [2.45, 2.75) is 25.8 Å². The summed E-state index contributed by atoms with van der Waals surface area (Å²) in [6.07, 6.45) is 2.23. The molecule has 0 saturated carbocycles. The molecule has 2 rings (SSSR count). The Bertz CT molecular complexity index is 435. The fourth-order valence-corrected chi connectivity index (χ4v) is 3.49. The third-order valence-electron chi connectivity index (χ3n) is 3.24. The first kappa shape index (κ1) is 13.3. The van der Waals surface area contributed by atoms with Crippen LogP contribution in [0.1, 0.15) is 28.8 Å². The average Bonchev–Trinajstić information content (AvgIpc) is 2.80. The molecule has 1 atom stereocenters. The van der Waals surface area contributed by atoms with E-state index >= 15 is 0 Å². The number of rotatable bonds is 2. The lowest BCUT2D eigenvalue weighted by Crippen LogP contribution is -2.36. The number of alkyl halides is 1. The number of aryl methyl sites for hydroxylation is 1. The number of nitrogens with zero attached hydrogens (tertiary/aromatic N) is 1. The van der Waals surface area contributed by atoms with Gasteiger partial charge in [-0.1, -0.05) is 28.1 Å². The van der Waals surface area contributed by atoms with E-state index in [1.54, 1.807) is 0 Å². The van der Waals surface area contributed by atoms with Gasteiger partial charge < -0.3 is 4.90 Å². The van der Waals surface area contributed by atoms with E-state index < -0.39 is 0 Å². The minimum atomic E-state index is 0.181. The number of halogens is 2.